The fourth-order valence-electron chi connectivity index (χ4n) is 1.12. The minimum absolute atomic E-state index is 0.234. The van der Waals surface area contributed by atoms with Gasteiger partial charge in [-0.2, -0.15) is 0 Å². The zero-order chi connectivity index (χ0) is 11.4. The molecule has 0 aliphatic rings. The molecule has 5 heteroatoms. The summed E-state index contributed by atoms with van der Waals surface area (Å²) < 4.78 is 12.6. The van der Waals surface area contributed by atoms with Crippen LogP contribution >= 0.6 is 23.1 Å². The normalized spacial score (nSPS) is 10.3. The molecule has 0 atom stereocenters. The predicted molar refractivity (Wildman–Crippen MR) is 63.5 cm³/mol. The van der Waals surface area contributed by atoms with Crippen LogP contribution in [0.25, 0.3) is 0 Å². The molecule has 82 valence electrons. The highest BCUT2D eigenvalue weighted by atomic mass is 32.2. The Morgan fingerprint density at radius 3 is 2.75 bits per heavy atom. The molecule has 0 saturated heterocycles. The topological polar surface area (TPSA) is 30.0 Å². The number of hydrogen-bond donors (Lipinski definition) is 0. The zero-order valence-electron chi connectivity index (χ0n) is 8.22. The van der Waals surface area contributed by atoms with Crippen molar-refractivity contribution in [2.24, 2.45) is 0 Å². The first-order valence-electron chi connectivity index (χ1n) is 4.56. The molecule has 2 nitrogen and oxygen atoms in total. The van der Waals surface area contributed by atoms with E-state index in [0.29, 0.717) is 10.6 Å². The predicted octanol–water partition coefficient (Wildman–Crippen LogP) is 3.39. The fraction of sp³-hybridized carbons (Fsp3) is 0.0909. The van der Waals surface area contributed by atoms with E-state index in [9.17, 15) is 9.18 Å². The van der Waals surface area contributed by atoms with Crippen LogP contribution in [-0.2, 0) is 5.75 Å². The Labute approximate surface area is 101 Å². The van der Waals surface area contributed by atoms with E-state index in [0.717, 1.165) is 16.2 Å². The van der Waals surface area contributed by atoms with Gasteiger partial charge in [-0.1, -0.05) is 0 Å². The molecule has 1 aromatic heterocycles. The standard InChI is InChI=1S/C11H8FNOS2/c12-8-1-3-9(4-2-8)15-7-11-13-5-10(6-14)16-11/h1-6H,7H2. The number of aldehydes is 1. The summed E-state index contributed by atoms with van der Waals surface area (Å²) in [6.07, 6.45) is 2.36. The second-order valence-electron chi connectivity index (χ2n) is 3.02. The summed E-state index contributed by atoms with van der Waals surface area (Å²) in [5.41, 5.74) is 0. The molecule has 1 aromatic carbocycles. The Bertz CT molecular complexity index is 481. The van der Waals surface area contributed by atoms with Crippen molar-refractivity contribution in [1.82, 2.24) is 4.98 Å². The lowest BCUT2D eigenvalue weighted by molar-refractivity contribution is 0.112. The van der Waals surface area contributed by atoms with Crippen LogP contribution in [-0.4, -0.2) is 11.3 Å². The van der Waals surface area contributed by atoms with Gasteiger partial charge in [0.2, 0.25) is 0 Å². The van der Waals surface area contributed by atoms with E-state index in [1.165, 1.54) is 23.5 Å². The number of thioether (sulfide) groups is 1. The van der Waals surface area contributed by atoms with E-state index >= 15 is 0 Å². The van der Waals surface area contributed by atoms with Crippen LogP contribution in [0.15, 0.2) is 35.4 Å². The summed E-state index contributed by atoms with van der Waals surface area (Å²) in [5, 5.41) is 0.899. The monoisotopic (exact) mass is 253 g/mol. The van der Waals surface area contributed by atoms with E-state index in [-0.39, 0.29) is 5.82 Å². The lowest BCUT2D eigenvalue weighted by Crippen LogP contribution is -1.78. The van der Waals surface area contributed by atoms with E-state index in [1.807, 2.05) is 0 Å². The van der Waals surface area contributed by atoms with Crippen molar-refractivity contribution < 1.29 is 9.18 Å². The first-order valence-corrected chi connectivity index (χ1v) is 6.36. The molecule has 2 rings (SSSR count). The highest BCUT2D eigenvalue weighted by Crippen LogP contribution is 2.24. The molecule has 0 bridgehead atoms. The Kier molecular flexibility index (Phi) is 3.69. The molecular formula is C11H8FNOS2. The minimum atomic E-state index is -0.234. The quantitative estimate of drug-likeness (QED) is 0.618. The van der Waals surface area contributed by atoms with Crippen LogP contribution < -0.4 is 0 Å². The number of halogens is 1. The maximum atomic E-state index is 12.6. The highest BCUT2D eigenvalue weighted by molar-refractivity contribution is 7.98. The van der Waals surface area contributed by atoms with Gasteiger partial charge in [-0.05, 0) is 24.3 Å². The number of rotatable bonds is 4. The Morgan fingerprint density at radius 2 is 2.12 bits per heavy atom. The van der Waals surface area contributed by atoms with Crippen molar-refractivity contribution in [3.8, 4) is 0 Å². The van der Waals surface area contributed by atoms with E-state index < -0.39 is 0 Å². The van der Waals surface area contributed by atoms with E-state index in [4.69, 9.17) is 0 Å². The third-order valence-electron chi connectivity index (χ3n) is 1.86. The average Bonchev–Trinajstić information content (AvgIpc) is 2.76. The fourth-order valence-corrected chi connectivity index (χ4v) is 2.76. The summed E-state index contributed by atoms with van der Waals surface area (Å²) in [6, 6.07) is 6.32. The highest BCUT2D eigenvalue weighted by Gasteiger charge is 2.02. The summed E-state index contributed by atoms with van der Waals surface area (Å²) in [7, 11) is 0. The van der Waals surface area contributed by atoms with Crippen LogP contribution in [0.1, 0.15) is 14.7 Å². The molecule has 0 amide bonds. The van der Waals surface area contributed by atoms with Gasteiger partial charge in [0.15, 0.2) is 6.29 Å². The van der Waals surface area contributed by atoms with Gasteiger partial charge in [0.25, 0.3) is 0 Å². The Balaban J connectivity index is 1.96. The van der Waals surface area contributed by atoms with Gasteiger partial charge in [0, 0.05) is 11.1 Å². The van der Waals surface area contributed by atoms with Crippen LogP contribution in [0, 0.1) is 5.82 Å². The van der Waals surface area contributed by atoms with Crippen LogP contribution in [0.2, 0.25) is 0 Å². The molecule has 0 aliphatic carbocycles. The number of benzene rings is 1. The maximum Gasteiger partial charge on any atom is 0.161 e. The molecule has 0 aliphatic heterocycles. The first-order chi connectivity index (χ1) is 7.78. The third-order valence-corrected chi connectivity index (χ3v) is 3.99. The summed E-state index contributed by atoms with van der Waals surface area (Å²) >= 11 is 2.95. The van der Waals surface area contributed by atoms with Gasteiger partial charge in [0.1, 0.15) is 10.8 Å². The minimum Gasteiger partial charge on any atom is -0.297 e. The average molecular weight is 253 g/mol. The summed E-state index contributed by atoms with van der Waals surface area (Å²) in [5.74, 6) is 0.464. The third kappa shape index (κ3) is 2.90. The van der Waals surface area contributed by atoms with Crippen LogP contribution in [0.4, 0.5) is 4.39 Å². The molecule has 0 unspecified atom stereocenters. The SMILES string of the molecule is O=Cc1cnc(CSc2ccc(F)cc2)s1. The molecule has 0 saturated carbocycles. The molecular weight excluding hydrogens is 245 g/mol. The van der Waals surface area contributed by atoms with E-state index in [1.54, 1.807) is 30.1 Å². The second-order valence-corrected chi connectivity index (χ2v) is 5.21. The van der Waals surface area contributed by atoms with Gasteiger partial charge >= 0.3 is 0 Å². The van der Waals surface area contributed by atoms with Crippen molar-refractivity contribution >= 4 is 29.4 Å². The number of carbonyl (C=O) groups excluding carboxylic acids is 1. The Morgan fingerprint density at radius 1 is 1.38 bits per heavy atom. The van der Waals surface area contributed by atoms with Gasteiger partial charge < -0.3 is 0 Å². The van der Waals surface area contributed by atoms with Crippen molar-refractivity contribution in [2.75, 3.05) is 0 Å². The summed E-state index contributed by atoms with van der Waals surface area (Å²) in [6.45, 7) is 0. The number of nitrogens with zero attached hydrogens (tertiary/aromatic N) is 1. The molecule has 16 heavy (non-hydrogen) atoms. The van der Waals surface area contributed by atoms with Gasteiger partial charge in [-0.15, -0.1) is 23.1 Å². The lowest BCUT2D eigenvalue weighted by atomic mass is 10.4. The Hall–Kier alpha value is -1.20. The van der Waals surface area contributed by atoms with Crippen LogP contribution in [0.3, 0.4) is 0 Å². The van der Waals surface area contributed by atoms with Gasteiger partial charge in [0.05, 0.1) is 10.6 Å². The lowest BCUT2D eigenvalue weighted by Gasteiger charge is -1.98. The smallest absolute Gasteiger partial charge is 0.161 e. The molecule has 0 radical (unpaired) electrons. The van der Waals surface area contributed by atoms with Crippen LogP contribution in [0.5, 0.6) is 0 Å². The molecule has 0 N–H and O–H groups in total. The van der Waals surface area contributed by atoms with Crippen molar-refractivity contribution in [1.29, 1.82) is 0 Å². The number of carbonyl (C=O) groups is 1. The number of thiazole rings is 1. The molecule has 2 aromatic rings. The van der Waals surface area contributed by atoms with Crippen molar-refractivity contribution in [3.63, 3.8) is 0 Å². The molecule has 1 heterocycles. The molecule has 0 fully saturated rings. The zero-order valence-corrected chi connectivity index (χ0v) is 9.85. The van der Waals surface area contributed by atoms with Crippen molar-refractivity contribution in [3.05, 3.63) is 46.2 Å². The summed E-state index contributed by atoms with van der Waals surface area (Å²) in [4.78, 5) is 16.2. The van der Waals surface area contributed by atoms with Gasteiger partial charge in [-0.3, -0.25) is 4.79 Å². The van der Waals surface area contributed by atoms with Gasteiger partial charge in [-0.25, -0.2) is 9.37 Å². The number of hydrogen-bond acceptors (Lipinski definition) is 4. The largest absolute Gasteiger partial charge is 0.297 e. The van der Waals surface area contributed by atoms with E-state index in [2.05, 4.69) is 4.98 Å². The maximum absolute atomic E-state index is 12.6. The second kappa shape index (κ2) is 5.23. The molecule has 0 spiro atoms. The number of aromatic nitrogens is 1. The van der Waals surface area contributed by atoms with Crippen molar-refractivity contribution in [2.45, 2.75) is 10.6 Å². The first kappa shape index (κ1) is 11.3.